The lowest BCUT2D eigenvalue weighted by molar-refractivity contribution is 0.0954. The van der Waals surface area contributed by atoms with Gasteiger partial charge in [0.1, 0.15) is 12.4 Å². The lowest BCUT2D eigenvalue weighted by atomic mass is 10.2. The quantitative estimate of drug-likeness (QED) is 0.254. The maximum absolute atomic E-state index is 12.5. The van der Waals surface area contributed by atoms with Crippen LogP contribution >= 0.6 is 15.9 Å². The summed E-state index contributed by atoms with van der Waals surface area (Å²) in [5, 5.41) is 4.06. The number of nitrogens with one attached hydrogen (secondary N) is 1. The molecule has 6 nitrogen and oxygen atoms in total. The number of halogens is 1. The van der Waals surface area contributed by atoms with E-state index < -0.39 is 0 Å². The molecule has 33 heavy (non-hydrogen) atoms. The molecule has 0 saturated carbocycles. The number of nitrogens with zero attached hydrogens (tertiary/aromatic N) is 1. The van der Waals surface area contributed by atoms with Crippen molar-refractivity contribution in [1.29, 1.82) is 0 Å². The second kappa shape index (κ2) is 12.6. The first-order valence-corrected chi connectivity index (χ1v) is 11.6. The highest BCUT2D eigenvalue weighted by atomic mass is 79.9. The Hall–Kier alpha value is -3.32. The molecule has 0 atom stereocenters. The minimum absolute atomic E-state index is 0.330. The van der Waals surface area contributed by atoms with Crippen molar-refractivity contribution in [3.05, 3.63) is 87.9 Å². The first-order valence-electron chi connectivity index (χ1n) is 10.8. The van der Waals surface area contributed by atoms with Gasteiger partial charge in [0.05, 0.1) is 19.4 Å². The fourth-order valence-corrected chi connectivity index (χ4v) is 3.14. The van der Waals surface area contributed by atoms with Crippen LogP contribution in [0.15, 0.2) is 76.3 Å². The highest BCUT2D eigenvalue weighted by Crippen LogP contribution is 2.28. The zero-order chi connectivity index (χ0) is 23.5. The number of ether oxygens (including phenoxy) is 3. The molecule has 1 amide bonds. The number of amides is 1. The van der Waals surface area contributed by atoms with E-state index in [1.807, 2.05) is 62.4 Å². The summed E-state index contributed by atoms with van der Waals surface area (Å²) in [5.74, 6) is 1.60. The Morgan fingerprint density at radius 2 is 1.70 bits per heavy atom. The summed E-state index contributed by atoms with van der Waals surface area (Å²) in [7, 11) is 0. The number of benzene rings is 3. The van der Waals surface area contributed by atoms with E-state index in [2.05, 4.69) is 26.5 Å². The molecule has 0 heterocycles. The molecule has 0 unspecified atom stereocenters. The number of hydrogen-bond acceptors (Lipinski definition) is 5. The molecular weight excluding hydrogens is 484 g/mol. The van der Waals surface area contributed by atoms with Crippen LogP contribution < -0.4 is 19.6 Å². The molecule has 1 N–H and O–H groups in total. The second-order valence-corrected chi connectivity index (χ2v) is 8.04. The molecule has 0 aliphatic heterocycles. The number of carbonyl (C=O) groups excluding carboxylic acids is 1. The lowest BCUT2D eigenvalue weighted by Crippen LogP contribution is -2.17. The SMILES string of the molecule is CCCOc1ccc(C(=O)N/N=C/c2ccc(OCc3ccc(Br)cc3)cc2)cc1OCC. The summed E-state index contributed by atoms with van der Waals surface area (Å²) < 4.78 is 18.1. The van der Waals surface area contributed by atoms with E-state index in [1.165, 1.54) is 0 Å². The van der Waals surface area contributed by atoms with Gasteiger partial charge < -0.3 is 14.2 Å². The van der Waals surface area contributed by atoms with Crippen molar-refractivity contribution in [3.8, 4) is 17.2 Å². The molecule has 0 aliphatic rings. The summed E-state index contributed by atoms with van der Waals surface area (Å²) in [5.41, 5.74) is 4.91. The number of hydrogen-bond donors (Lipinski definition) is 1. The molecular formula is C26H27BrN2O4. The van der Waals surface area contributed by atoms with Gasteiger partial charge in [0, 0.05) is 10.0 Å². The minimum Gasteiger partial charge on any atom is -0.490 e. The van der Waals surface area contributed by atoms with Gasteiger partial charge >= 0.3 is 0 Å². The summed E-state index contributed by atoms with van der Waals surface area (Å²) in [4.78, 5) is 12.5. The molecule has 0 bridgehead atoms. The molecule has 0 spiro atoms. The summed E-state index contributed by atoms with van der Waals surface area (Å²) in [6, 6.07) is 20.6. The van der Waals surface area contributed by atoms with Crippen LogP contribution in [0.4, 0.5) is 0 Å². The minimum atomic E-state index is -0.330. The second-order valence-electron chi connectivity index (χ2n) is 7.13. The lowest BCUT2D eigenvalue weighted by Gasteiger charge is -2.12. The van der Waals surface area contributed by atoms with Gasteiger partial charge in [0.25, 0.3) is 5.91 Å². The van der Waals surface area contributed by atoms with E-state index in [4.69, 9.17) is 14.2 Å². The molecule has 0 saturated heterocycles. The Kier molecular flexibility index (Phi) is 9.32. The normalized spacial score (nSPS) is 10.8. The Morgan fingerprint density at radius 1 is 0.939 bits per heavy atom. The van der Waals surface area contributed by atoms with Crippen LogP contribution in [0.5, 0.6) is 17.2 Å². The van der Waals surface area contributed by atoms with E-state index in [-0.39, 0.29) is 5.91 Å². The predicted octanol–water partition coefficient (Wildman–Crippen LogP) is 5.98. The molecule has 3 aromatic carbocycles. The van der Waals surface area contributed by atoms with Crippen LogP contribution in [-0.2, 0) is 6.61 Å². The van der Waals surface area contributed by atoms with Gasteiger partial charge in [-0.25, -0.2) is 5.43 Å². The molecule has 0 fully saturated rings. The van der Waals surface area contributed by atoms with E-state index >= 15 is 0 Å². The molecule has 3 rings (SSSR count). The smallest absolute Gasteiger partial charge is 0.271 e. The Morgan fingerprint density at radius 3 is 2.39 bits per heavy atom. The molecule has 0 aliphatic carbocycles. The largest absolute Gasteiger partial charge is 0.490 e. The summed E-state index contributed by atoms with van der Waals surface area (Å²) in [6.45, 7) is 5.48. The van der Waals surface area contributed by atoms with E-state index in [0.717, 1.165) is 27.8 Å². The van der Waals surface area contributed by atoms with Crippen molar-refractivity contribution < 1.29 is 19.0 Å². The Labute approximate surface area is 202 Å². The molecule has 0 aromatic heterocycles. The zero-order valence-corrected chi connectivity index (χ0v) is 20.3. The predicted molar refractivity (Wildman–Crippen MR) is 133 cm³/mol. The van der Waals surface area contributed by atoms with E-state index in [1.54, 1.807) is 24.4 Å². The molecule has 3 aromatic rings. The standard InChI is InChI=1S/C26H27BrN2O4/c1-3-15-32-24-14-9-21(16-25(24)31-4-2)26(30)29-28-17-19-7-12-23(13-8-19)33-18-20-5-10-22(27)11-6-20/h5-14,16-17H,3-4,15,18H2,1-2H3,(H,29,30)/b28-17+. The van der Waals surface area contributed by atoms with Crippen LogP contribution in [-0.4, -0.2) is 25.3 Å². The van der Waals surface area contributed by atoms with Gasteiger partial charge in [-0.05, 0) is 79.1 Å². The van der Waals surface area contributed by atoms with Gasteiger partial charge in [0.2, 0.25) is 0 Å². The Balaban J connectivity index is 1.54. The molecule has 0 radical (unpaired) electrons. The first kappa shape index (κ1) is 24.3. The van der Waals surface area contributed by atoms with Crippen molar-refractivity contribution in [2.75, 3.05) is 13.2 Å². The number of rotatable bonds is 11. The number of hydrazone groups is 1. The third kappa shape index (κ3) is 7.64. The van der Waals surface area contributed by atoms with Crippen molar-refractivity contribution in [2.24, 2.45) is 5.10 Å². The zero-order valence-electron chi connectivity index (χ0n) is 18.7. The van der Waals surface area contributed by atoms with E-state index in [9.17, 15) is 4.79 Å². The van der Waals surface area contributed by atoms with Crippen LogP contribution in [0, 0.1) is 0 Å². The maximum atomic E-state index is 12.5. The van der Waals surface area contributed by atoms with Gasteiger partial charge in [0.15, 0.2) is 11.5 Å². The van der Waals surface area contributed by atoms with Crippen molar-refractivity contribution >= 4 is 28.1 Å². The fraction of sp³-hybridized carbons (Fsp3) is 0.231. The first-order chi connectivity index (χ1) is 16.1. The topological polar surface area (TPSA) is 69.2 Å². The van der Waals surface area contributed by atoms with Crippen molar-refractivity contribution in [1.82, 2.24) is 5.43 Å². The third-order valence-corrected chi connectivity index (χ3v) is 5.07. The average molecular weight is 511 g/mol. The maximum Gasteiger partial charge on any atom is 0.271 e. The van der Waals surface area contributed by atoms with Gasteiger partial charge in [-0.1, -0.05) is 35.0 Å². The van der Waals surface area contributed by atoms with Gasteiger partial charge in [-0.3, -0.25) is 4.79 Å². The average Bonchev–Trinajstić information content (AvgIpc) is 2.84. The summed E-state index contributed by atoms with van der Waals surface area (Å²) in [6.07, 6.45) is 2.47. The number of carbonyl (C=O) groups is 1. The van der Waals surface area contributed by atoms with Gasteiger partial charge in [-0.15, -0.1) is 0 Å². The van der Waals surface area contributed by atoms with Crippen LogP contribution in [0.2, 0.25) is 0 Å². The molecule has 7 heteroatoms. The monoisotopic (exact) mass is 510 g/mol. The van der Waals surface area contributed by atoms with Crippen LogP contribution in [0.3, 0.4) is 0 Å². The summed E-state index contributed by atoms with van der Waals surface area (Å²) >= 11 is 3.42. The fourth-order valence-electron chi connectivity index (χ4n) is 2.88. The molecule has 172 valence electrons. The van der Waals surface area contributed by atoms with Crippen molar-refractivity contribution in [3.63, 3.8) is 0 Å². The van der Waals surface area contributed by atoms with Crippen LogP contribution in [0.1, 0.15) is 41.8 Å². The Bertz CT molecular complexity index is 1070. The highest BCUT2D eigenvalue weighted by Gasteiger charge is 2.11. The van der Waals surface area contributed by atoms with Crippen LogP contribution in [0.25, 0.3) is 0 Å². The van der Waals surface area contributed by atoms with E-state index in [0.29, 0.717) is 36.9 Å². The van der Waals surface area contributed by atoms with Crippen molar-refractivity contribution in [2.45, 2.75) is 26.9 Å². The van der Waals surface area contributed by atoms with Gasteiger partial charge in [-0.2, -0.15) is 5.10 Å². The third-order valence-electron chi connectivity index (χ3n) is 4.55. The highest BCUT2D eigenvalue weighted by molar-refractivity contribution is 9.10.